The van der Waals surface area contributed by atoms with Crippen LogP contribution in [0.4, 0.5) is 0 Å². The minimum Gasteiger partial charge on any atom is -0.378 e. The second-order valence-electron chi connectivity index (χ2n) is 10.1. The lowest BCUT2D eigenvalue weighted by Gasteiger charge is -2.29. The first-order chi connectivity index (χ1) is 18.8. The number of H-pyrrole nitrogens is 1. The van der Waals surface area contributed by atoms with Crippen molar-refractivity contribution in [1.82, 2.24) is 31.2 Å². The minimum absolute atomic E-state index is 0.122. The third-order valence-corrected chi connectivity index (χ3v) is 7.60. The molecule has 194 valence electrons. The number of benzene rings is 3. The van der Waals surface area contributed by atoms with Crippen molar-refractivity contribution >= 4 is 16.5 Å². The van der Waals surface area contributed by atoms with Gasteiger partial charge in [0.25, 0.3) is 0 Å². The molecule has 38 heavy (non-hydrogen) atoms. The summed E-state index contributed by atoms with van der Waals surface area (Å²) in [6.45, 7) is 4.63. The molecule has 0 saturated carbocycles. The van der Waals surface area contributed by atoms with Gasteiger partial charge in [-0.1, -0.05) is 48.5 Å². The highest BCUT2D eigenvalue weighted by atomic mass is 16.5. The highest BCUT2D eigenvalue weighted by Gasteiger charge is 2.27. The van der Waals surface area contributed by atoms with E-state index in [2.05, 4.69) is 98.1 Å². The van der Waals surface area contributed by atoms with E-state index in [1.54, 1.807) is 0 Å². The molecule has 0 spiro atoms. The zero-order chi connectivity index (χ0) is 25.3. The molecule has 3 atom stereocenters. The van der Waals surface area contributed by atoms with Gasteiger partial charge in [0.05, 0.1) is 56.1 Å². The summed E-state index contributed by atoms with van der Waals surface area (Å²) < 4.78 is 11.2. The molecular weight excluding hydrogens is 476 g/mol. The van der Waals surface area contributed by atoms with E-state index >= 15 is 0 Å². The number of hydrogen-bond donors (Lipinski definition) is 5. The van der Waals surface area contributed by atoms with Crippen LogP contribution in [0.2, 0.25) is 0 Å². The molecule has 2 saturated heterocycles. The van der Waals surface area contributed by atoms with Crippen LogP contribution in [0.15, 0.2) is 73.1 Å². The predicted octanol–water partition coefficient (Wildman–Crippen LogP) is 3.36. The maximum atomic E-state index is 5.62. The van der Waals surface area contributed by atoms with Gasteiger partial charge in [-0.2, -0.15) is 0 Å². The Bertz CT molecular complexity index is 1450. The summed E-state index contributed by atoms with van der Waals surface area (Å²) >= 11 is 0. The van der Waals surface area contributed by atoms with Crippen molar-refractivity contribution in [2.24, 2.45) is 0 Å². The molecule has 3 aromatic carbocycles. The van der Waals surface area contributed by atoms with Gasteiger partial charge < -0.3 is 35.7 Å². The zero-order valence-electron chi connectivity index (χ0n) is 21.2. The Morgan fingerprint density at radius 2 is 1.45 bits per heavy atom. The van der Waals surface area contributed by atoms with Crippen LogP contribution < -0.4 is 21.3 Å². The van der Waals surface area contributed by atoms with Crippen molar-refractivity contribution in [2.75, 3.05) is 39.5 Å². The summed E-state index contributed by atoms with van der Waals surface area (Å²) in [6, 6.07) is 22.3. The molecule has 0 amide bonds. The molecule has 8 heteroatoms. The van der Waals surface area contributed by atoms with Crippen LogP contribution in [-0.2, 0) is 9.47 Å². The first-order valence-corrected chi connectivity index (χ1v) is 13.4. The second-order valence-corrected chi connectivity index (χ2v) is 10.1. The van der Waals surface area contributed by atoms with Gasteiger partial charge in [-0.15, -0.1) is 0 Å². The fourth-order valence-electron chi connectivity index (χ4n) is 5.44. The monoisotopic (exact) mass is 508 g/mol. The molecule has 0 aliphatic carbocycles. The maximum Gasteiger partial charge on any atom is 0.126 e. The van der Waals surface area contributed by atoms with E-state index in [1.807, 2.05) is 6.20 Å². The molecule has 1 unspecified atom stereocenters. The molecule has 4 aromatic rings. The average molecular weight is 509 g/mol. The van der Waals surface area contributed by atoms with Crippen molar-refractivity contribution in [3.05, 3.63) is 84.4 Å². The Labute approximate surface area is 221 Å². The van der Waals surface area contributed by atoms with Crippen molar-refractivity contribution in [1.29, 1.82) is 0 Å². The van der Waals surface area contributed by atoms with E-state index in [0.717, 1.165) is 49.1 Å². The number of nitrogens with zero attached hydrogens (tertiary/aromatic N) is 1. The molecule has 3 aliphatic rings. The normalized spacial score (nSPS) is 23.6. The smallest absolute Gasteiger partial charge is 0.126 e. The Morgan fingerprint density at radius 3 is 2.21 bits per heavy atom. The summed E-state index contributed by atoms with van der Waals surface area (Å²) in [5, 5.41) is 16.5. The predicted molar refractivity (Wildman–Crippen MR) is 149 cm³/mol. The summed E-state index contributed by atoms with van der Waals surface area (Å²) in [5.74, 6) is 0.923. The third-order valence-electron chi connectivity index (χ3n) is 7.60. The number of aromatic nitrogens is 2. The van der Waals surface area contributed by atoms with Crippen LogP contribution in [0.5, 0.6) is 0 Å². The molecule has 2 fully saturated rings. The van der Waals surface area contributed by atoms with Crippen LogP contribution >= 0.6 is 0 Å². The zero-order valence-corrected chi connectivity index (χ0v) is 21.2. The lowest BCUT2D eigenvalue weighted by molar-refractivity contribution is 0.0643. The fourth-order valence-corrected chi connectivity index (χ4v) is 5.44. The number of ether oxygens (including phenoxy) is 2. The van der Waals surface area contributed by atoms with Gasteiger partial charge in [0.2, 0.25) is 0 Å². The highest BCUT2D eigenvalue weighted by Crippen LogP contribution is 2.29. The average Bonchev–Trinajstić information content (AvgIpc) is 3.69. The van der Waals surface area contributed by atoms with Gasteiger partial charge in [0.15, 0.2) is 0 Å². The Balaban J connectivity index is 1.05. The topological polar surface area (TPSA) is 95.3 Å². The fraction of sp³-hybridized carbons (Fsp3) is 0.300. The molecule has 8 nitrogen and oxygen atoms in total. The maximum absolute atomic E-state index is 5.62. The number of rotatable bonds is 5. The van der Waals surface area contributed by atoms with E-state index in [1.165, 1.54) is 27.5 Å². The summed E-state index contributed by atoms with van der Waals surface area (Å²) in [5.41, 5.74) is 6.82. The van der Waals surface area contributed by atoms with Gasteiger partial charge in [-0.25, -0.2) is 4.98 Å². The van der Waals surface area contributed by atoms with E-state index in [9.17, 15) is 0 Å². The molecule has 1 aromatic heterocycles. The summed E-state index contributed by atoms with van der Waals surface area (Å²) in [6.07, 6.45) is 4.11. The molecule has 0 bridgehead atoms. The van der Waals surface area contributed by atoms with Gasteiger partial charge in [0.1, 0.15) is 12.0 Å². The van der Waals surface area contributed by atoms with E-state index in [-0.39, 0.29) is 18.2 Å². The number of nitrogens with one attached hydrogen (secondary N) is 5. The number of morpholine rings is 2. The van der Waals surface area contributed by atoms with Crippen molar-refractivity contribution in [3.63, 3.8) is 0 Å². The highest BCUT2D eigenvalue weighted by molar-refractivity contribution is 5.90. The van der Waals surface area contributed by atoms with Crippen molar-refractivity contribution < 1.29 is 9.47 Å². The molecule has 0 radical (unpaired) electrons. The van der Waals surface area contributed by atoms with Crippen molar-refractivity contribution in [2.45, 2.75) is 18.2 Å². The van der Waals surface area contributed by atoms with Gasteiger partial charge >= 0.3 is 0 Å². The van der Waals surface area contributed by atoms with Crippen LogP contribution in [0.25, 0.3) is 38.9 Å². The molecular formula is C30H32N6O2. The van der Waals surface area contributed by atoms with E-state index in [4.69, 9.17) is 9.47 Å². The number of imidazole rings is 1. The lowest BCUT2D eigenvalue weighted by atomic mass is 9.98. The summed E-state index contributed by atoms with van der Waals surface area (Å²) in [7, 11) is 0. The van der Waals surface area contributed by atoms with Gasteiger partial charge in [0, 0.05) is 19.3 Å². The van der Waals surface area contributed by atoms with Gasteiger partial charge in [-0.05, 0) is 45.2 Å². The molecule has 5 N–H and O–H groups in total. The third kappa shape index (κ3) is 4.68. The van der Waals surface area contributed by atoms with Crippen LogP contribution in [0, 0.1) is 0 Å². The molecule has 7 rings (SSSR count). The van der Waals surface area contributed by atoms with Crippen LogP contribution in [0.3, 0.4) is 0 Å². The lowest BCUT2D eigenvalue weighted by Crippen LogP contribution is -2.56. The van der Waals surface area contributed by atoms with Crippen LogP contribution in [-0.4, -0.2) is 61.7 Å². The SMILES string of the molecule is C1=C(c2ccc3cc(-c4ccc(-c5cnc([C@@H]6COCCN6)[nH]5)cc4)ccc3c2)NC([C@@H]2COCCN2)N1. The Morgan fingerprint density at radius 1 is 0.737 bits per heavy atom. The number of aromatic amines is 1. The largest absolute Gasteiger partial charge is 0.378 e. The number of hydrogen-bond acceptors (Lipinski definition) is 7. The van der Waals surface area contributed by atoms with Gasteiger partial charge in [-0.3, -0.25) is 0 Å². The Kier molecular flexibility index (Phi) is 6.31. The van der Waals surface area contributed by atoms with E-state index in [0.29, 0.717) is 13.2 Å². The standard InChI is InChI=1S/C30H32N6O2/c1-3-20(25-15-33-29(35-25)27-17-37-11-9-31-27)4-2-19(1)21-5-6-23-14-24(8-7-22(23)13-21)26-16-34-30(36-26)28-18-38-12-10-32-28/h1-8,13-16,27-28,30-32,34,36H,9-12,17-18H2,(H,33,35)/t27-,28-,30?/m0/s1. The second kappa shape index (κ2) is 10.2. The number of fused-ring (bicyclic) bond motifs is 1. The summed E-state index contributed by atoms with van der Waals surface area (Å²) in [4.78, 5) is 8.03. The first kappa shape index (κ1) is 23.4. The quantitative estimate of drug-likeness (QED) is 0.282. The first-order valence-electron chi connectivity index (χ1n) is 13.4. The molecule has 3 aliphatic heterocycles. The Hall–Kier alpha value is -3.69. The minimum atomic E-state index is 0.122. The van der Waals surface area contributed by atoms with E-state index < -0.39 is 0 Å². The van der Waals surface area contributed by atoms with Crippen molar-refractivity contribution in [3.8, 4) is 22.4 Å². The molecule has 4 heterocycles. The van der Waals surface area contributed by atoms with Crippen LogP contribution in [0.1, 0.15) is 17.4 Å².